The molecular weight excluding hydrogens is 665 g/mol. The normalized spacial score (nSPS) is 17.1. The highest BCUT2D eigenvalue weighted by Crippen LogP contribution is 2.39. The van der Waals surface area contributed by atoms with E-state index in [9.17, 15) is 14.7 Å². The highest BCUT2D eigenvalue weighted by atomic mass is 16.7. The lowest BCUT2D eigenvalue weighted by Gasteiger charge is -2.38. The second-order valence-electron chi connectivity index (χ2n) is 13.6. The molecule has 8 nitrogen and oxygen atoms in total. The number of aliphatic hydroxyl groups excluding tert-OH is 1. The Labute approximate surface area is 312 Å². The molecule has 3 N–H and O–H groups in total. The van der Waals surface area contributed by atoms with Gasteiger partial charge in [0.05, 0.1) is 18.8 Å². The van der Waals surface area contributed by atoms with Gasteiger partial charge in [0, 0.05) is 51.0 Å². The number of aliphatic carboxylic acids is 1. The maximum absolute atomic E-state index is 12.5. The second-order valence-corrected chi connectivity index (χ2v) is 13.6. The van der Waals surface area contributed by atoms with E-state index in [-0.39, 0.29) is 31.1 Å². The number of hydrogen-bond acceptors (Lipinski definition) is 6. The van der Waals surface area contributed by atoms with E-state index < -0.39 is 12.3 Å². The first-order valence-electron chi connectivity index (χ1n) is 18.4. The minimum absolute atomic E-state index is 0.00938. The van der Waals surface area contributed by atoms with Gasteiger partial charge in [-0.2, -0.15) is 0 Å². The highest BCUT2D eigenvalue weighted by Gasteiger charge is 2.33. The number of carboxylic acid groups (broad SMARTS) is 1. The van der Waals surface area contributed by atoms with Gasteiger partial charge < -0.3 is 25.0 Å². The lowest BCUT2D eigenvalue weighted by Crippen LogP contribution is -2.39. The summed E-state index contributed by atoms with van der Waals surface area (Å²) in [6.45, 7) is 2.66. The van der Waals surface area contributed by atoms with Crippen LogP contribution in [0.15, 0.2) is 133 Å². The van der Waals surface area contributed by atoms with Crippen molar-refractivity contribution in [2.24, 2.45) is 0 Å². The molecule has 1 heterocycles. The molecule has 0 aromatic heterocycles. The summed E-state index contributed by atoms with van der Waals surface area (Å²) < 4.78 is 13.5. The second kappa shape index (κ2) is 19.1. The fraction of sp³-hybridized carbons (Fsp3) is 0.289. The molecule has 1 amide bonds. The molecule has 0 radical (unpaired) electrons. The number of rotatable bonds is 17. The first-order chi connectivity index (χ1) is 25.9. The van der Waals surface area contributed by atoms with Crippen molar-refractivity contribution in [1.82, 2.24) is 10.2 Å². The van der Waals surface area contributed by atoms with Crippen LogP contribution < -0.4 is 5.32 Å². The molecule has 6 rings (SSSR count). The van der Waals surface area contributed by atoms with Crippen molar-refractivity contribution in [2.45, 2.75) is 76.8 Å². The summed E-state index contributed by atoms with van der Waals surface area (Å²) >= 11 is 0. The monoisotopic (exact) mass is 712 g/mol. The van der Waals surface area contributed by atoms with Crippen molar-refractivity contribution in [3.05, 3.63) is 167 Å². The van der Waals surface area contributed by atoms with Gasteiger partial charge in [-0.05, 0) is 51.8 Å². The average Bonchev–Trinajstić information content (AvgIpc) is 3.19. The van der Waals surface area contributed by atoms with Gasteiger partial charge in [-0.15, -0.1) is 0 Å². The highest BCUT2D eigenvalue weighted by molar-refractivity contribution is 5.76. The Bertz CT molecular complexity index is 1840. The molecule has 0 spiro atoms. The number of hydrogen-bond donors (Lipinski definition) is 3. The lowest BCUT2D eigenvalue weighted by atomic mass is 9.97. The summed E-state index contributed by atoms with van der Waals surface area (Å²) in [4.78, 5) is 25.7. The van der Waals surface area contributed by atoms with E-state index in [0.717, 1.165) is 46.5 Å². The third-order valence-corrected chi connectivity index (χ3v) is 9.61. The van der Waals surface area contributed by atoms with E-state index in [4.69, 9.17) is 14.6 Å². The molecule has 3 atom stereocenters. The van der Waals surface area contributed by atoms with E-state index in [1.54, 1.807) is 0 Å². The number of carbonyl (C=O) groups is 2. The Kier molecular flexibility index (Phi) is 13.6. The Hall–Kier alpha value is -5.12. The average molecular weight is 713 g/mol. The van der Waals surface area contributed by atoms with Crippen LogP contribution in [0.5, 0.6) is 0 Å². The van der Waals surface area contributed by atoms with Gasteiger partial charge in [-0.25, -0.2) is 0 Å². The van der Waals surface area contributed by atoms with E-state index in [1.165, 1.54) is 11.1 Å². The van der Waals surface area contributed by atoms with Crippen LogP contribution in [0.2, 0.25) is 0 Å². The molecule has 1 aliphatic heterocycles. The van der Waals surface area contributed by atoms with E-state index in [2.05, 4.69) is 83.0 Å². The zero-order valence-corrected chi connectivity index (χ0v) is 30.0. The summed E-state index contributed by atoms with van der Waals surface area (Å²) in [5, 5.41) is 21.5. The molecule has 0 aliphatic carbocycles. The first kappa shape index (κ1) is 37.6. The van der Waals surface area contributed by atoms with Gasteiger partial charge in [0.2, 0.25) is 5.91 Å². The largest absolute Gasteiger partial charge is 0.481 e. The summed E-state index contributed by atoms with van der Waals surface area (Å²) in [5.41, 5.74) is 8.34. The number of ether oxygens (including phenoxy) is 2. The van der Waals surface area contributed by atoms with Crippen LogP contribution >= 0.6 is 0 Å². The Morgan fingerprint density at radius 2 is 1.28 bits per heavy atom. The molecule has 0 saturated carbocycles. The lowest BCUT2D eigenvalue weighted by molar-refractivity contribution is -0.253. The standard InChI is InChI=1S/C45H48N2O6/c48-32-35-19-21-37(22-20-35)42-27-40(31-47(29-33-11-3-1-4-12-33)30-34-13-5-2-6-14-34)52-45(53-42)38-25-23-36(24-26-38)41-16-8-7-15-39(41)28-46-43(49)17-9-10-18-44(50)51/h1-8,11-16,19-26,40,42,45,48H,9-10,17-18,27-32H2,(H,46,49)(H,50,51)/t40-,42+,45+/m0/s1. The molecule has 5 aromatic rings. The number of unbranched alkanes of at least 4 members (excludes halogenated alkanes) is 1. The Balaban J connectivity index is 1.19. The number of carbonyl (C=O) groups excluding carboxylic acids is 1. The van der Waals surface area contributed by atoms with Crippen LogP contribution in [-0.4, -0.2) is 39.6 Å². The van der Waals surface area contributed by atoms with Crippen molar-refractivity contribution >= 4 is 11.9 Å². The van der Waals surface area contributed by atoms with E-state index >= 15 is 0 Å². The minimum atomic E-state index is -0.843. The Morgan fingerprint density at radius 3 is 1.92 bits per heavy atom. The van der Waals surface area contributed by atoms with Crippen molar-refractivity contribution in [1.29, 1.82) is 0 Å². The smallest absolute Gasteiger partial charge is 0.303 e. The summed E-state index contributed by atoms with van der Waals surface area (Å²) in [6.07, 6.45) is 1.19. The fourth-order valence-corrected chi connectivity index (χ4v) is 6.81. The Morgan fingerprint density at radius 1 is 0.679 bits per heavy atom. The van der Waals surface area contributed by atoms with Crippen molar-refractivity contribution in [3.63, 3.8) is 0 Å². The quantitative estimate of drug-likeness (QED) is 0.0832. The minimum Gasteiger partial charge on any atom is -0.481 e. The third kappa shape index (κ3) is 11.2. The first-order valence-corrected chi connectivity index (χ1v) is 18.4. The maximum Gasteiger partial charge on any atom is 0.303 e. The number of carboxylic acids is 1. The van der Waals surface area contributed by atoms with Gasteiger partial charge in [0.1, 0.15) is 0 Å². The molecule has 53 heavy (non-hydrogen) atoms. The molecule has 274 valence electrons. The van der Waals surface area contributed by atoms with Gasteiger partial charge in [0.25, 0.3) is 0 Å². The molecule has 1 aliphatic rings. The topological polar surface area (TPSA) is 108 Å². The van der Waals surface area contributed by atoms with E-state index in [0.29, 0.717) is 38.8 Å². The summed E-state index contributed by atoms with van der Waals surface area (Å²) in [5.74, 6) is -0.933. The molecule has 1 saturated heterocycles. The number of aliphatic hydroxyl groups is 1. The molecule has 8 heteroatoms. The molecule has 0 unspecified atom stereocenters. The predicted octanol–water partition coefficient (Wildman–Crippen LogP) is 8.35. The van der Waals surface area contributed by atoms with Gasteiger partial charge >= 0.3 is 5.97 Å². The van der Waals surface area contributed by atoms with Gasteiger partial charge in [0.15, 0.2) is 6.29 Å². The number of nitrogens with zero attached hydrogens (tertiary/aromatic N) is 1. The predicted molar refractivity (Wildman–Crippen MR) is 205 cm³/mol. The third-order valence-electron chi connectivity index (χ3n) is 9.61. The van der Waals surface area contributed by atoms with Crippen LogP contribution in [0.1, 0.15) is 77.9 Å². The van der Waals surface area contributed by atoms with Crippen LogP contribution in [0, 0.1) is 0 Å². The van der Waals surface area contributed by atoms with Crippen LogP contribution in [0.3, 0.4) is 0 Å². The zero-order chi connectivity index (χ0) is 36.8. The van der Waals surface area contributed by atoms with Crippen molar-refractivity contribution in [2.75, 3.05) is 6.54 Å². The molecular formula is C45H48N2O6. The molecule has 5 aromatic carbocycles. The fourth-order valence-electron chi connectivity index (χ4n) is 6.81. The van der Waals surface area contributed by atoms with Crippen LogP contribution in [0.25, 0.3) is 11.1 Å². The van der Waals surface area contributed by atoms with Gasteiger partial charge in [-0.3, -0.25) is 14.5 Å². The van der Waals surface area contributed by atoms with Crippen molar-refractivity contribution < 1.29 is 29.3 Å². The molecule has 1 fully saturated rings. The number of nitrogens with one attached hydrogen (secondary N) is 1. The van der Waals surface area contributed by atoms with E-state index in [1.807, 2.05) is 60.7 Å². The SMILES string of the molecule is O=C(O)CCCCC(=O)NCc1ccccc1-c1ccc([C@@H]2O[C@H](CN(Cc3ccccc3)Cc3ccccc3)C[C@H](c3ccc(CO)cc3)O2)cc1. The number of benzene rings is 5. The van der Waals surface area contributed by atoms with Crippen molar-refractivity contribution in [3.8, 4) is 11.1 Å². The van der Waals surface area contributed by atoms with Crippen LogP contribution in [0.4, 0.5) is 0 Å². The zero-order valence-electron chi connectivity index (χ0n) is 30.0. The summed E-state index contributed by atoms with van der Waals surface area (Å²) in [6, 6.07) is 45.3. The van der Waals surface area contributed by atoms with Gasteiger partial charge in [-0.1, -0.05) is 133 Å². The summed E-state index contributed by atoms with van der Waals surface area (Å²) in [7, 11) is 0. The van der Waals surface area contributed by atoms with Crippen LogP contribution in [-0.2, 0) is 45.3 Å². The maximum atomic E-state index is 12.5. The molecule has 0 bridgehead atoms. The number of amides is 1.